The van der Waals surface area contributed by atoms with E-state index in [1.54, 1.807) is 0 Å². The third kappa shape index (κ3) is 3.39. The van der Waals surface area contributed by atoms with Crippen LogP contribution in [-0.4, -0.2) is 16.0 Å². The number of hydrogen-bond donors (Lipinski definition) is 2. The van der Waals surface area contributed by atoms with Crippen LogP contribution < -0.4 is 10.9 Å². The molecule has 2 heterocycles. The van der Waals surface area contributed by atoms with E-state index in [0.717, 1.165) is 64.7 Å². The molecular weight excluding hydrogens is 342 g/mol. The summed E-state index contributed by atoms with van der Waals surface area (Å²) in [6.07, 6.45) is 4.92. The van der Waals surface area contributed by atoms with Crippen molar-refractivity contribution in [1.82, 2.24) is 10.1 Å². The summed E-state index contributed by atoms with van der Waals surface area (Å²) in [6.45, 7) is 3.73. The van der Waals surface area contributed by atoms with Crippen LogP contribution in [0.15, 0.2) is 27.5 Å². The molecule has 3 aromatic rings. The van der Waals surface area contributed by atoms with Gasteiger partial charge in [-0.1, -0.05) is 11.2 Å². The van der Waals surface area contributed by atoms with E-state index >= 15 is 0 Å². The van der Waals surface area contributed by atoms with Crippen molar-refractivity contribution in [2.75, 3.05) is 5.32 Å². The Bertz CT molecular complexity index is 1060. The van der Waals surface area contributed by atoms with E-state index in [1.165, 1.54) is 0 Å². The van der Waals surface area contributed by atoms with Crippen molar-refractivity contribution in [3.63, 3.8) is 0 Å². The van der Waals surface area contributed by atoms with Gasteiger partial charge in [-0.2, -0.15) is 0 Å². The number of aromatic amines is 1. The van der Waals surface area contributed by atoms with Gasteiger partial charge < -0.3 is 14.8 Å². The number of nitrogens with zero attached hydrogens (tertiary/aromatic N) is 1. The molecule has 27 heavy (non-hydrogen) atoms. The molecule has 1 amide bonds. The molecule has 1 aliphatic rings. The van der Waals surface area contributed by atoms with Crippen LogP contribution in [0.2, 0.25) is 0 Å². The summed E-state index contributed by atoms with van der Waals surface area (Å²) in [4.78, 5) is 27.7. The maximum Gasteiger partial charge on any atom is 0.251 e. The Labute approximate surface area is 157 Å². The number of amides is 1. The fraction of sp³-hybridized carbons (Fsp3) is 0.381. The lowest BCUT2D eigenvalue weighted by Gasteiger charge is -2.17. The molecule has 0 bridgehead atoms. The SMILES string of the molecule is Cc1noc(C)c1CCC(=O)Nc1ccc2c3c(c(=O)[nH]c2c1)CCCC3. The Kier molecular flexibility index (Phi) is 4.56. The quantitative estimate of drug-likeness (QED) is 0.740. The van der Waals surface area contributed by atoms with Gasteiger partial charge in [-0.25, -0.2) is 0 Å². The van der Waals surface area contributed by atoms with Gasteiger partial charge in [-0.3, -0.25) is 9.59 Å². The van der Waals surface area contributed by atoms with Crippen LogP contribution in [-0.2, 0) is 24.1 Å². The second-order valence-corrected chi connectivity index (χ2v) is 7.23. The summed E-state index contributed by atoms with van der Waals surface area (Å²) in [5.41, 5.74) is 5.37. The van der Waals surface area contributed by atoms with Gasteiger partial charge >= 0.3 is 0 Å². The van der Waals surface area contributed by atoms with Gasteiger partial charge in [0.25, 0.3) is 5.56 Å². The Morgan fingerprint density at radius 1 is 1.22 bits per heavy atom. The van der Waals surface area contributed by atoms with Crippen molar-refractivity contribution in [1.29, 1.82) is 0 Å². The number of carbonyl (C=O) groups is 1. The van der Waals surface area contributed by atoms with Gasteiger partial charge in [0.1, 0.15) is 5.76 Å². The van der Waals surface area contributed by atoms with Gasteiger partial charge in [-0.05, 0) is 63.6 Å². The highest BCUT2D eigenvalue weighted by molar-refractivity contribution is 5.94. The molecule has 0 spiro atoms. The van der Waals surface area contributed by atoms with E-state index in [2.05, 4.69) is 15.5 Å². The molecule has 0 radical (unpaired) electrons. The van der Waals surface area contributed by atoms with Crippen molar-refractivity contribution >= 4 is 22.5 Å². The number of carbonyl (C=O) groups excluding carboxylic acids is 1. The predicted molar refractivity (Wildman–Crippen MR) is 104 cm³/mol. The van der Waals surface area contributed by atoms with E-state index in [4.69, 9.17) is 4.52 Å². The lowest BCUT2D eigenvalue weighted by Crippen LogP contribution is -2.19. The topological polar surface area (TPSA) is 88.0 Å². The molecule has 6 nitrogen and oxygen atoms in total. The number of nitrogens with one attached hydrogen (secondary N) is 2. The molecule has 4 rings (SSSR count). The Balaban J connectivity index is 1.52. The molecule has 0 saturated carbocycles. The third-order valence-electron chi connectivity index (χ3n) is 5.40. The minimum Gasteiger partial charge on any atom is -0.361 e. The zero-order valence-corrected chi connectivity index (χ0v) is 15.6. The maximum absolute atomic E-state index is 12.4. The molecule has 1 aliphatic carbocycles. The number of pyridine rings is 1. The van der Waals surface area contributed by atoms with E-state index in [-0.39, 0.29) is 11.5 Å². The molecule has 1 aromatic carbocycles. The molecule has 0 fully saturated rings. The highest BCUT2D eigenvalue weighted by atomic mass is 16.5. The van der Waals surface area contributed by atoms with E-state index < -0.39 is 0 Å². The second kappa shape index (κ2) is 7.02. The molecule has 0 unspecified atom stereocenters. The van der Waals surface area contributed by atoms with Crippen molar-refractivity contribution in [3.05, 3.63) is 56.7 Å². The fourth-order valence-electron chi connectivity index (χ4n) is 3.96. The first-order valence-corrected chi connectivity index (χ1v) is 9.42. The van der Waals surface area contributed by atoms with Gasteiger partial charge in [0.2, 0.25) is 5.91 Å². The predicted octanol–water partition coefficient (Wildman–Crippen LogP) is 3.58. The third-order valence-corrected chi connectivity index (χ3v) is 5.40. The van der Waals surface area contributed by atoms with Gasteiger partial charge in [0, 0.05) is 28.6 Å². The Morgan fingerprint density at radius 3 is 2.74 bits per heavy atom. The zero-order chi connectivity index (χ0) is 19.0. The number of H-pyrrole nitrogens is 1. The molecule has 140 valence electrons. The first-order chi connectivity index (χ1) is 13.0. The highest BCUT2D eigenvalue weighted by Crippen LogP contribution is 2.27. The van der Waals surface area contributed by atoms with Gasteiger partial charge in [-0.15, -0.1) is 0 Å². The average Bonchev–Trinajstić information content (AvgIpc) is 2.98. The summed E-state index contributed by atoms with van der Waals surface area (Å²) in [5, 5.41) is 7.92. The first-order valence-electron chi connectivity index (χ1n) is 9.42. The summed E-state index contributed by atoms with van der Waals surface area (Å²) >= 11 is 0. The fourth-order valence-corrected chi connectivity index (χ4v) is 3.96. The molecule has 0 atom stereocenters. The second-order valence-electron chi connectivity index (χ2n) is 7.23. The number of benzene rings is 1. The number of anilines is 1. The Hall–Kier alpha value is -2.89. The maximum atomic E-state index is 12.4. The molecule has 2 N–H and O–H groups in total. The van der Waals surface area contributed by atoms with Crippen LogP contribution >= 0.6 is 0 Å². The summed E-state index contributed by atoms with van der Waals surface area (Å²) in [5.74, 6) is 0.683. The number of fused-ring (bicyclic) bond motifs is 3. The van der Waals surface area contributed by atoms with Crippen LogP contribution in [0.25, 0.3) is 10.9 Å². The number of rotatable bonds is 4. The van der Waals surface area contributed by atoms with Crippen molar-refractivity contribution < 1.29 is 9.32 Å². The molecule has 0 saturated heterocycles. The lowest BCUT2D eigenvalue weighted by molar-refractivity contribution is -0.116. The monoisotopic (exact) mass is 365 g/mol. The minimum atomic E-state index is -0.0744. The highest BCUT2D eigenvalue weighted by Gasteiger charge is 2.17. The van der Waals surface area contributed by atoms with Crippen LogP contribution in [0.5, 0.6) is 0 Å². The van der Waals surface area contributed by atoms with Gasteiger partial charge in [0.15, 0.2) is 0 Å². The van der Waals surface area contributed by atoms with E-state index in [0.29, 0.717) is 18.5 Å². The summed E-state index contributed by atoms with van der Waals surface area (Å²) in [6, 6.07) is 5.75. The van der Waals surface area contributed by atoms with Crippen molar-refractivity contribution in [3.8, 4) is 0 Å². The average molecular weight is 365 g/mol. The molecule has 6 heteroatoms. The van der Waals surface area contributed by atoms with Crippen molar-refractivity contribution in [2.24, 2.45) is 0 Å². The van der Waals surface area contributed by atoms with Crippen LogP contribution in [0, 0.1) is 13.8 Å². The van der Waals surface area contributed by atoms with E-state index in [1.807, 2.05) is 32.0 Å². The Morgan fingerprint density at radius 2 is 2.00 bits per heavy atom. The number of hydrogen-bond acceptors (Lipinski definition) is 4. The molecular formula is C21H23N3O3. The standard InChI is InChI=1S/C21H23N3O3/c1-12-15(13(2)27-24-12)9-10-20(25)22-14-7-8-17-16-5-3-4-6-18(16)21(26)23-19(17)11-14/h7-8,11H,3-6,9-10H2,1-2H3,(H,22,25)(H,23,26). The summed E-state index contributed by atoms with van der Waals surface area (Å²) in [7, 11) is 0. The number of aromatic nitrogens is 2. The smallest absolute Gasteiger partial charge is 0.251 e. The van der Waals surface area contributed by atoms with Crippen molar-refractivity contribution in [2.45, 2.75) is 52.4 Å². The van der Waals surface area contributed by atoms with Crippen LogP contribution in [0.3, 0.4) is 0 Å². The largest absolute Gasteiger partial charge is 0.361 e. The van der Waals surface area contributed by atoms with Gasteiger partial charge in [0.05, 0.1) is 11.2 Å². The minimum absolute atomic E-state index is 0.000847. The first kappa shape index (κ1) is 17.5. The van der Waals surface area contributed by atoms with E-state index in [9.17, 15) is 9.59 Å². The molecule has 0 aliphatic heterocycles. The van der Waals surface area contributed by atoms with Crippen LogP contribution in [0.4, 0.5) is 5.69 Å². The lowest BCUT2D eigenvalue weighted by atomic mass is 9.90. The number of aryl methyl sites for hydroxylation is 3. The molecule has 2 aromatic heterocycles. The summed E-state index contributed by atoms with van der Waals surface area (Å²) < 4.78 is 5.14. The van der Waals surface area contributed by atoms with Crippen LogP contribution in [0.1, 0.15) is 47.4 Å². The normalized spacial score (nSPS) is 13.6. The zero-order valence-electron chi connectivity index (χ0n) is 15.6.